The number of hydrogen-bond acceptors (Lipinski definition) is 5. The molecule has 0 unspecified atom stereocenters. The van der Waals surface area contributed by atoms with Crippen LogP contribution in [0.3, 0.4) is 0 Å². The van der Waals surface area contributed by atoms with Crippen molar-refractivity contribution >= 4 is 41.1 Å². The SMILES string of the molecule is O=C(c1ccccc1)[C@@H]1[C@@H]2C(=O)N(c3cccc(Cl)c3)C(=O)[C@@H]2[C@@H]2c3ccccc3C=NN12. The summed E-state index contributed by atoms with van der Waals surface area (Å²) < 4.78 is 0. The highest BCUT2D eigenvalue weighted by Gasteiger charge is 2.65. The number of Topliss-reactive ketones (excluding diaryl/α,β-unsaturated/α-hetero) is 1. The lowest BCUT2D eigenvalue weighted by Gasteiger charge is -2.33. The summed E-state index contributed by atoms with van der Waals surface area (Å²) in [4.78, 5) is 42.4. The van der Waals surface area contributed by atoms with Gasteiger partial charge in [0, 0.05) is 10.6 Å². The number of fused-ring (bicyclic) bond motifs is 5. The summed E-state index contributed by atoms with van der Waals surface area (Å²) in [6.45, 7) is 0. The van der Waals surface area contributed by atoms with Crippen LogP contribution in [0.5, 0.6) is 0 Å². The lowest BCUT2D eigenvalue weighted by Crippen LogP contribution is -2.44. The molecule has 6 nitrogen and oxygen atoms in total. The number of ketones is 1. The first-order chi connectivity index (χ1) is 16.1. The van der Waals surface area contributed by atoms with Crippen LogP contribution < -0.4 is 4.90 Å². The molecule has 0 bridgehead atoms. The maximum absolute atomic E-state index is 13.8. The second-order valence-electron chi connectivity index (χ2n) is 8.42. The van der Waals surface area contributed by atoms with Gasteiger partial charge >= 0.3 is 0 Å². The summed E-state index contributed by atoms with van der Waals surface area (Å²) in [6, 6.07) is 21.8. The number of imide groups is 1. The van der Waals surface area contributed by atoms with Gasteiger partial charge in [-0.05, 0) is 29.3 Å². The number of nitrogens with zero attached hydrogens (tertiary/aromatic N) is 3. The van der Waals surface area contributed by atoms with Crippen molar-refractivity contribution in [1.29, 1.82) is 0 Å². The molecule has 0 N–H and O–H groups in total. The van der Waals surface area contributed by atoms with Crippen molar-refractivity contribution in [3.8, 4) is 0 Å². The van der Waals surface area contributed by atoms with Gasteiger partial charge in [-0.15, -0.1) is 0 Å². The fourth-order valence-electron chi connectivity index (χ4n) is 5.31. The number of rotatable bonds is 3. The predicted molar refractivity (Wildman–Crippen MR) is 124 cm³/mol. The van der Waals surface area contributed by atoms with E-state index in [1.54, 1.807) is 59.8 Å². The monoisotopic (exact) mass is 455 g/mol. The molecular weight excluding hydrogens is 438 g/mol. The van der Waals surface area contributed by atoms with E-state index in [9.17, 15) is 14.4 Å². The van der Waals surface area contributed by atoms with E-state index in [0.717, 1.165) is 11.1 Å². The Morgan fingerprint density at radius 1 is 0.848 bits per heavy atom. The normalized spacial score (nSPS) is 25.1. The molecule has 0 radical (unpaired) electrons. The van der Waals surface area contributed by atoms with Crippen molar-refractivity contribution in [2.45, 2.75) is 12.1 Å². The van der Waals surface area contributed by atoms with Crippen molar-refractivity contribution in [3.63, 3.8) is 0 Å². The van der Waals surface area contributed by atoms with E-state index in [4.69, 9.17) is 11.6 Å². The first-order valence-electron chi connectivity index (χ1n) is 10.7. The van der Waals surface area contributed by atoms with E-state index >= 15 is 0 Å². The van der Waals surface area contributed by atoms with E-state index < -0.39 is 29.8 Å². The molecule has 162 valence electrons. The number of hydrogen-bond donors (Lipinski definition) is 0. The number of halogens is 1. The zero-order valence-electron chi connectivity index (χ0n) is 17.3. The van der Waals surface area contributed by atoms with Gasteiger partial charge in [0.05, 0.1) is 29.8 Å². The Morgan fingerprint density at radius 2 is 1.58 bits per heavy atom. The van der Waals surface area contributed by atoms with Crippen LogP contribution in [-0.4, -0.2) is 34.9 Å². The van der Waals surface area contributed by atoms with Crippen molar-refractivity contribution in [2.24, 2.45) is 16.9 Å². The van der Waals surface area contributed by atoms with Crippen LogP contribution in [0.15, 0.2) is 84.0 Å². The zero-order chi connectivity index (χ0) is 22.7. The maximum Gasteiger partial charge on any atom is 0.240 e. The van der Waals surface area contributed by atoms with Gasteiger partial charge in [-0.1, -0.05) is 72.3 Å². The standard InChI is InChI=1S/C26H18ClN3O3/c27-17-10-6-11-18(13-17)29-25(32)20-21(26(29)33)23(24(31)15-7-2-1-3-8-15)30-22(20)19-12-5-4-9-16(19)14-28-30/h1-14,20-23H/t20-,21+,22-,23-/m0/s1. The van der Waals surface area contributed by atoms with E-state index in [1.165, 1.54) is 4.90 Å². The van der Waals surface area contributed by atoms with Crippen molar-refractivity contribution < 1.29 is 14.4 Å². The first-order valence-corrected chi connectivity index (χ1v) is 11.1. The van der Waals surface area contributed by atoms with Crippen LogP contribution in [0.4, 0.5) is 5.69 Å². The highest BCUT2D eigenvalue weighted by molar-refractivity contribution is 6.31. The molecule has 4 atom stereocenters. The molecule has 3 aliphatic heterocycles. The summed E-state index contributed by atoms with van der Waals surface area (Å²) in [7, 11) is 0. The Morgan fingerprint density at radius 3 is 2.36 bits per heavy atom. The van der Waals surface area contributed by atoms with Gasteiger partial charge in [0.1, 0.15) is 6.04 Å². The molecule has 2 fully saturated rings. The second kappa shape index (κ2) is 7.39. The lowest BCUT2D eigenvalue weighted by molar-refractivity contribution is -0.124. The Labute approximate surface area is 195 Å². The molecule has 2 amide bonds. The Kier molecular flexibility index (Phi) is 4.45. The van der Waals surface area contributed by atoms with Crippen LogP contribution in [0.1, 0.15) is 27.5 Å². The molecule has 7 heteroatoms. The van der Waals surface area contributed by atoms with Gasteiger partial charge in [-0.3, -0.25) is 19.4 Å². The lowest BCUT2D eigenvalue weighted by atomic mass is 9.83. The topological polar surface area (TPSA) is 70.0 Å². The molecule has 0 aromatic heterocycles. The van der Waals surface area contributed by atoms with Crippen molar-refractivity contribution in [3.05, 3.63) is 101 Å². The van der Waals surface area contributed by atoms with Gasteiger partial charge in [-0.25, -0.2) is 4.90 Å². The third kappa shape index (κ3) is 2.87. The third-order valence-corrected chi connectivity index (χ3v) is 6.92. The van der Waals surface area contributed by atoms with Gasteiger partial charge in [-0.2, -0.15) is 5.10 Å². The molecule has 2 saturated heterocycles. The van der Waals surface area contributed by atoms with Crippen LogP contribution in [0.2, 0.25) is 5.02 Å². The minimum Gasteiger partial charge on any atom is -0.292 e. The van der Waals surface area contributed by atoms with Crippen molar-refractivity contribution in [2.75, 3.05) is 4.90 Å². The summed E-state index contributed by atoms with van der Waals surface area (Å²) in [5.41, 5.74) is 2.67. The average Bonchev–Trinajstić information content (AvgIpc) is 3.32. The van der Waals surface area contributed by atoms with Crippen LogP contribution in [0, 0.1) is 11.8 Å². The molecule has 3 aliphatic rings. The predicted octanol–water partition coefficient (Wildman–Crippen LogP) is 4.10. The molecule has 0 spiro atoms. The Hall–Kier alpha value is -3.77. The first kappa shape index (κ1) is 19.9. The van der Waals surface area contributed by atoms with E-state index in [-0.39, 0.29) is 11.7 Å². The number of hydrazone groups is 1. The molecule has 3 heterocycles. The van der Waals surface area contributed by atoms with Gasteiger partial charge in [0.15, 0.2) is 5.78 Å². The quantitative estimate of drug-likeness (QED) is 0.440. The number of carbonyl (C=O) groups is 3. The minimum absolute atomic E-state index is 0.223. The molecule has 0 aliphatic carbocycles. The molecule has 3 aromatic carbocycles. The molecule has 33 heavy (non-hydrogen) atoms. The largest absolute Gasteiger partial charge is 0.292 e. The number of benzene rings is 3. The minimum atomic E-state index is -0.882. The maximum atomic E-state index is 13.8. The summed E-state index contributed by atoms with van der Waals surface area (Å²) in [5.74, 6) is -2.54. The van der Waals surface area contributed by atoms with E-state index in [1.807, 2.05) is 30.3 Å². The summed E-state index contributed by atoms with van der Waals surface area (Å²) in [5, 5.41) is 6.66. The summed E-state index contributed by atoms with van der Waals surface area (Å²) >= 11 is 6.15. The number of anilines is 1. The second-order valence-corrected chi connectivity index (χ2v) is 8.85. The highest BCUT2D eigenvalue weighted by atomic mass is 35.5. The molecular formula is C26H18ClN3O3. The molecule has 6 rings (SSSR count). The molecule has 3 aromatic rings. The number of carbonyl (C=O) groups excluding carboxylic acids is 3. The van der Waals surface area contributed by atoms with Gasteiger partial charge < -0.3 is 0 Å². The van der Waals surface area contributed by atoms with E-state index in [0.29, 0.717) is 16.3 Å². The van der Waals surface area contributed by atoms with Crippen molar-refractivity contribution in [1.82, 2.24) is 5.01 Å². The molecule has 0 saturated carbocycles. The van der Waals surface area contributed by atoms with Crippen LogP contribution in [-0.2, 0) is 9.59 Å². The fourth-order valence-corrected chi connectivity index (χ4v) is 5.50. The number of amides is 2. The zero-order valence-corrected chi connectivity index (χ0v) is 18.1. The van der Waals surface area contributed by atoms with E-state index in [2.05, 4.69) is 5.10 Å². The smallest absolute Gasteiger partial charge is 0.240 e. The average molecular weight is 456 g/mol. The summed E-state index contributed by atoms with van der Waals surface area (Å²) in [6.07, 6.45) is 1.70. The third-order valence-electron chi connectivity index (χ3n) is 6.69. The fraction of sp³-hybridized carbons (Fsp3) is 0.154. The Bertz CT molecular complexity index is 1340. The Balaban J connectivity index is 1.51. The van der Waals surface area contributed by atoms with Crippen LogP contribution >= 0.6 is 11.6 Å². The van der Waals surface area contributed by atoms with Gasteiger partial charge in [0.2, 0.25) is 11.8 Å². The van der Waals surface area contributed by atoms with Crippen LogP contribution in [0.25, 0.3) is 0 Å². The highest BCUT2D eigenvalue weighted by Crippen LogP contribution is 2.53. The van der Waals surface area contributed by atoms with Gasteiger partial charge in [0.25, 0.3) is 0 Å².